The topological polar surface area (TPSA) is 9.23 Å². The van der Waals surface area contributed by atoms with E-state index in [1.165, 1.54) is 38.5 Å². The molecule has 0 N–H and O–H groups in total. The maximum Gasteiger partial charge on any atom is 0.120 e. The molecule has 2 rings (SSSR count). The molecule has 82 valence electrons. The van der Waals surface area contributed by atoms with Crippen molar-refractivity contribution in [3.05, 3.63) is 30.3 Å². The van der Waals surface area contributed by atoms with Crippen LogP contribution in [0.3, 0.4) is 0 Å². The predicted octanol–water partition coefficient (Wildman–Crippen LogP) is 4.18. The quantitative estimate of drug-likeness (QED) is 0.657. The molecule has 0 atom stereocenters. The lowest BCUT2D eigenvalue weighted by atomic mass is 9.97. The number of hydrogen-bond donors (Lipinski definition) is 0. The molecule has 0 spiro atoms. The summed E-state index contributed by atoms with van der Waals surface area (Å²) in [5, 5.41) is 0. The second-order valence-corrected chi connectivity index (χ2v) is 4.78. The summed E-state index contributed by atoms with van der Waals surface area (Å²) in [5.74, 6) is 1.02. The summed E-state index contributed by atoms with van der Waals surface area (Å²) in [6, 6.07) is 10.2. The molecule has 0 aliphatic heterocycles. The van der Waals surface area contributed by atoms with E-state index in [1.807, 2.05) is 18.2 Å². The lowest BCUT2D eigenvalue weighted by Crippen LogP contribution is -2.31. The molecule has 1 aromatic carbocycles. The fourth-order valence-electron chi connectivity index (χ4n) is 2.35. The summed E-state index contributed by atoms with van der Waals surface area (Å²) >= 11 is 0. The van der Waals surface area contributed by atoms with Crippen LogP contribution in [0, 0.1) is 0 Å². The monoisotopic (exact) mass is 204 g/mol. The molecule has 0 radical (unpaired) electrons. The van der Waals surface area contributed by atoms with Crippen molar-refractivity contribution in [3.63, 3.8) is 0 Å². The predicted molar refractivity (Wildman–Crippen MR) is 63.2 cm³/mol. The van der Waals surface area contributed by atoms with E-state index in [1.54, 1.807) is 0 Å². The molecule has 1 aromatic rings. The number of ether oxygens (including phenoxy) is 1. The van der Waals surface area contributed by atoms with Gasteiger partial charge >= 0.3 is 0 Å². The lowest BCUT2D eigenvalue weighted by molar-refractivity contribution is 0.0722. The zero-order valence-corrected chi connectivity index (χ0v) is 9.54. The van der Waals surface area contributed by atoms with Gasteiger partial charge in [0.05, 0.1) is 0 Å². The summed E-state index contributed by atoms with van der Waals surface area (Å²) in [7, 11) is 0. The highest BCUT2D eigenvalue weighted by molar-refractivity contribution is 5.22. The zero-order valence-electron chi connectivity index (χ0n) is 9.54. The third-order valence-corrected chi connectivity index (χ3v) is 3.27. The Labute approximate surface area is 92.5 Å². The summed E-state index contributed by atoms with van der Waals surface area (Å²) in [4.78, 5) is 0. The van der Waals surface area contributed by atoms with E-state index in [0.717, 1.165) is 5.75 Å². The molecule has 1 fully saturated rings. The summed E-state index contributed by atoms with van der Waals surface area (Å²) in [5.41, 5.74) is 0.0673. The van der Waals surface area contributed by atoms with Crippen molar-refractivity contribution in [3.8, 4) is 5.75 Å². The third-order valence-electron chi connectivity index (χ3n) is 3.27. The second kappa shape index (κ2) is 4.69. The van der Waals surface area contributed by atoms with Gasteiger partial charge in [-0.15, -0.1) is 0 Å². The maximum absolute atomic E-state index is 6.12. The molecule has 1 aliphatic carbocycles. The van der Waals surface area contributed by atoms with Gasteiger partial charge in [-0.25, -0.2) is 0 Å². The Balaban J connectivity index is 2.02. The van der Waals surface area contributed by atoms with E-state index in [-0.39, 0.29) is 5.60 Å². The Morgan fingerprint density at radius 3 is 2.13 bits per heavy atom. The number of para-hydroxylation sites is 1. The maximum atomic E-state index is 6.12. The SMILES string of the molecule is CC1(Oc2ccccc2)CCCCCC1. The largest absolute Gasteiger partial charge is 0.488 e. The molecule has 1 nitrogen and oxygen atoms in total. The van der Waals surface area contributed by atoms with Crippen molar-refractivity contribution < 1.29 is 4.74 Å². The van der Waals surface area contributed by atoms with Gasteiger partial charge in [-0.3, -0.25) is 0 Å². The third kappa shape index (κ3) is 2.98. The van der Waals surface area contributed by atoms with Gasteiger partial charge in [0.15, 0.2) is 0 Å². The number of benzene rings is 1. The molecule has 0 bridgehead atoms. The highest BCUT2D eigenvalue weighted by atomic mass is 16.5. The molecule has 1 saturated carbocycles. The first-order chi connectivity index (χ1) is 7.29. The smallest absolute Gasteiger partial charge is 0.120 e. The van der Waals surface area contributed by atoms with E-state index in [0.29, 0.717) is 0 Å². The Morgan fingerprint density at radius 1 is 0.933 bits per heavy atom. The molecule has 0 amide bonds. The van der Waals surface area contributed by atoms with Crippen molar-refractivity contribution in [2.24, 2.45) is 0 Å². The molecule has 15 heavy (non-hydrogen) atoms. The van der Waals surface area contributed by atoms with Crippen LogP contribution in [0.5, 0.6) is 5.75 Å². The van der Waals surface area contributed by atoms with Crippen molar-refractivity contribution in [1.82, 2.24) is 0 Å². The van der Waals surface area contributed by atoms with E-state index in [2.05, 4.69) is 19.1 Å². The minimum absolute atomic E-state index is 0.0673. The Morgan fingerprint density at radius 2 is 1.53 bits per heavy atom. The summed E-state index contributed by atoms with van der Waals surface area (Å²) in [6.07, 6.45) is 7.75. The fourth-order valence-corrected chi connectivity index (χ4v) is 2.35. The van der Waals surface area contributed by atoms with Gasteiger partial charge in [0.1, 0.15) is 11.4 Å². The van der Waals surface area contributed by atoms with Crippen LogP contribution in [0.15, 0.2) is 30.3 Å². The van der Waals surface area contributed by atoms with E-state index in [9.17, 15) is 0 Å². The molecule has 1 aliphatic rings. The Kier molecular flexibility index (Phi) is 3.30. The molecular formula is C14H20O. The van der Waals surface area contributed by atoms with Crippen molar-refractivity contribution >= 4 is 0 Å². The molecule has 1 heteroatoms. The number of rotatable bonds is 2. The molecule has 0 saturated heterocycles. The second-order valence-electron chi connectivity index (χ2n) is 4.78. The molecule has 0 unspecified atom stereocenters. The summed E-state index contributed by atoms with van der Waals surface area (Å²) in [6.45, 7) is 2.26. The molecule has 0 heterocycles. The zero-order chi connectivity index (χ0) is 10.6. The van der Waals surface area contributed by atoms with Crippen LogP contribution in [0.2, 0.25) is 0 Å². The van der Waals surface area contributed by atoms with Crippen molar-refractivity contribution in [2.75, 3.05) is 0 Å². The van der Waals surface area contributed by atoms with Gasteiger partial charge in [0.2, 0.25) is 0 Å². The highest BCUT2D eigenvalue weighted by Gasteiger charge is 2.27. The average Bonchev–Trinajstić information content (AvgIpc) is 2.45. The van der Waals surface area contributed by atoms with E-state index in [4.69, 9.17) is 4.74 Å². The lowest BCUT2D eigenvalue weighted by Gasteiger charge is -2.29. The van der Waals surface area contributed by atoms with E-state index >= 15 is 0 Å². The van der Waals surface area contributed by atoms with Gasteiger partial charge in [-0.1, -0.05) is 31.0 Å². The minimum atomic E-state index is 0.0673. The van der Waals surface area contributed by atoms with Gasteiger partial charge in [-0.05, 0) is 44.7 Å². The Hall–Kier alpha value is -0.980. The molecular weight excluding hydrogens is 184 g/mol. The fraction of sp³-hybridized carbons (Fsp3) is 0.571. The minimum Gasteiger partial charge on any atom is -0.488 e. The Bertz CT molecular complexity index is 283. The van der Waals surface area contributed by atoms with Crippen LogP contribution in [0.1, 0.15) is 45.4 Å². The first-order valence-electron chi connectivity index (χ1n) is 6.03. The first kappa shape index (κ1) is 10.5. The first-order valence-corrected chi connectivity index (χ1v) is 6.03. The van der Waals surface area contributed by atoms with E-state index < -0.39 is 0 Å². The van der Waals surface area contributed by atoms with Gasteiger partial charge in [0, 0.05) is 0 Å². The highest BCUT2D eigenvalue weighted by Crippen LogP contribution is 2.31. The van der Waals surface area contributed by atoms with Gasteiger partial charge < -0.3 is 4.74 Å². The average molecular weight is 204 g/mol. The summed E-state index contributed by atoms with van der Waals surface area (Å²) < 4.78 is 6.12. The number of hydrogen-bond acceptors (Lipinski definition) is 1. The normalized spacial score (nSPS) is 20.6. The van der Waals surface area contributed by atoms with Crippen LogP contribution < -0.4 is 4.74 Å². The van der Waals surface area contributed by atoms with Crippen LogP contribution >= 0.6 is 0 Å². The van der Waals surface area contributed by atoms with Gasteiger partial charge in [-0.2, -0.15) is 0 Å². The van der Waals surface area contributed by atoms with Crippen LogP contribution in [-0.2, 0) is 0 Å². The van der Waals surface area contributed by atoms with Crippen LogP contribution in [-0.4, -0.2) is 5.60 Å². The van der Waals surface area contributed by atoms with Crippen molar-refractivity contribution in [1.29, 1.82) is 0 Å². The van der Waals surface area contributed by atoms with Crippen LogP contribution in [0.25, 0.3) is 0 Å². The standard InChI is InChI=1S/C14H20O/c1-14(11-7-2-3-8-12-14)15-13-9-5-4-6-10-13/h4-6,9-10H,2-3,7-8,11-12H2,1H3. The van der Waals surface area contributed by atoms with Crippen LogP contribution in [0.4, 0.5) is 0 Å². The molecule has 0 aromatic heterocycles. The van der Waals surface area contributed by atoms with Gasteiger partial charge in [0.25, 0.3) is 0 Å². The van der Waals surface area contributed by atoms with Crippen molar-refractivity contribution in [2.45, 2.75) is 51.0 Å².